The Morgan fingerprint density at radius 2 is 1.85 bits per heavy atom. The van der Waals surface area contributed by atoms with Crippen molar-refractivity contribution in [2.24, 2.45) is 7.05 Å². The minimum Gasteiger partial charge on any atom is -0.480 e. The molecule has 8 nitrogen and oxygen atoms in total. The summed E-state index contributed by atoms with van der Waals surface area (Å²) < 4.78 is 1.69. The van der Waals surface area contributed by atoms with Crippen LogP contribution in [0.3, 0.4) is 0 Å². The van der Waals surface area contributed by atoms with Gasteiger partial charge < -0.3 is 15.7 Å². The second-order valence-corrected chi connectivity index (χ2v) is 6.23. The molecule has 1 aromatic carbocycles. The Balaban J connectivity index is 1.96. The lowest BCUT2D eigenvalue weighted by atomic mass is 10.1. The third kappa shape index (κ3) is 5.17. The molecule has 0 aliphatic carbocycles. The maximum atomic E-state index is 12.3. The molecule has 0 saturated carbocycles. The monoisotopic (exact) mass is 358 g/mol. The van der Waals surface area contributed by atoms with Crippen LogP contribution in [0.4, 0.5) is 5.69 Å². The highest BCUT2D eigenvalue weighted by Gasteiger charge is 2.15. The number of nitrogens with zero attached hydrogens (tertiary/aromatic N) is 2. The van der Waals surface area contributed by atoms with E-state index in [0.717, 1.165) is 5.69 Å². The van der Waals surface area contributed by atoms with Gasteiger partial charge in [0.1, 0.15) is 6.54 Å². The molecule has 3 N–H and O–H groups in total. The summed E-state index contributed by atoms with van der Waals surface area (Å²) in [6.45, 7) is 3.66. The zero-order valence-electron chi connectivity index (χ0n) is 14.9. The molecule has 2 rings (SSSR count). The number of aliphatic carboxylic acids is 1. The van der Waals surface area contributed by atoms with Crippen LogP contribution >= 0.6 is 0 Å². The van der Waals surface area contributed by atoms with Gasteiger partial charge in [-0.15, -0.1) is 0 Å². The molecule has 2 amide bonds. The summed E-state index contributed by atoms with van der Waals surface area (Å²) in [6.07, 6.45) is 0.0689. The molecule has 138 valence electrons. The molecule has 0 radical (unpaired) electrons. The van der Waals surface area contributed by atoms with Gasteiger partial charge in [-0.05, 0) is 29.7 Å². The topological polar surface area (TPSA) is 113 Å². The Morgan fingerprint density at radius 3 is 2.38 bits per heavy atom. The first kappa shape index (κ1) is 19.2. The summed E-state index contributed by atoms with van der Waals surface area (Å²) in [6, 6.07) is 8.54. The van der Waals surface area contributed by atoms with Crippen molar-refractivity contribution in [2.75, 3.05) is 11.9 Å². The van der Waals surface area contributed by atoms with Crippen molar-refractivity contribution in [2.45, 2.75) is 26.2 Å². The number of carboxylic acid groups (broad SMARTS) is 1. The van der Waals surface area contributed by atoms with Gasteiger partial charge in [-0.25, -0.2) is 0 Å². The Morgan fingerprint density at radius 1 is 1.19 bits per heavy atom. The van der Waals surface area contributed by atoms with Crippen molar-refractivity contribution in [3.8, 4) is 0 Å². The Bertz CT molecular complexity index is 809. The molecule has 0 aliphatic rings. The fraction of sp³-hybridized carbons (Fsp3) is 0.333. The van der Waals surface area contributed by atoms with E-state index in [-0.39, 0.29) is 24.2 Å². The Hall–Kier alpha value is -3.16. The van der Waals surface area contributed by atoms with Crippen LogP contribution in [0.15, 0.2) is 30.3 Å². The standard InChI is InChI=1S/C18H22N4O4/c1-11(2)15-9-14(21-22(15)3)18(26)20-13-6-4-12(5-7-13)8-16(23)19-10-17(24)25/h4-7,9,11H,8,10H2,1-3H3,(H,19,23)(H,20,26)(H,24,25). The molecular formula is C18H22N4O4. The number of carbonyl (C=O) groups is 3. The third-order valence-electron chi connectivity index (χ3n) is 3.75. The minimum atomic E-state index is -1.09. The summed E-state index contributed by atoms with van der Waals surface area (Å²) in [5, 5.41) is 17.8. The smallest absolute Gasteiger partial charge is 0.322 e. The zero-order chi connectivity index (χ0) is 19.3. The predicted octanol–water partition coefficient (Wildman–Crippen LogP) is 1.54. The average Bonchev–Trinajstić information content (AvgIpc) is 2.97. The van der Waals surface area contributed by atoms with Gasteiger partial charge >= 0.3 is 5.97 Å². The molecule has 26 heavy (non-hydrogen) atoms. The number of benzene rings is 1. The number of amides is 2. The van der Waals surface area contributed by atoms with E-state index < -0.39 is 12.5 Å². The molecule has 0 unspecified atom stereocenters. The van der Waals surface area contributed by atoms with Crippen LogP contribution in [-0.2, 0) is 23.1 Å². The lowest BCUT2D eigenvalue weighted by Gasteiger charge is -2.06. The van der Waals surface area contributed by atoms with Gasteiger partial charge in [0, 0.05) is 18.4 Å². The van der Waals surface area contributed by atoms with E-state index in [9.17, 15) is 14.4 Å². The Labute approximate surface area is 151 Å². The lowest BCUT2D eigenvalue weighted by Crippen LogP contribution is -2.30. The molecular weight excluding hydrogens is 336 g/mol. The van der Waals surface area contributed by atoms with Gasteiger partial charge in [0.2, 0.25) is 5.91 Å². The number of hydrogen-bond acceptors (Lipinski definition) is 4. The SMILES string of the molecule is CC(C)c1cc(C(=O)Nc2ccc(CC(=O)NCC(=O)O)cc2)nn1C. The van der Waals surface area contributed by atoms with Crippen molar-refractivity contribution in [3.63, 3.8) is 0 Å². The number of anilines is 1. The van der Waals surface area contributed by atoms with Crippen LogP contribution in [-0.4, -0.2) is 39.2 Å². The lowest BCUT2D eigenvalue weighted by molar-refractivity contribution is -0.137. The summed E-state index contributed by atoms with van der Waals surface area (Å²) in [7, 11) is 1.80. The van der Waals surface area contributed by atoms with Crippen molar-refractivity contribution in [1.82, 2.24) is 15.1 Å². The van der Waals surface area contributed by atoms with Crippen LogP contribution in [0.5, 0.6) is 0 Å². The van der Waals surface area contributed by atoms with Crippen LogP contribution in [0.25, 0.3) is 0 Å². The van der Waals surface area contributed by atoms with E-state index in [4.69, 9.17) is 5.11 Å². The first-order valence-corrected chi connectivity index (χ1v) is 8.19. The van der Waals surface area contributed by atoms with Crippen LogP contribution < -0.4 is 10.6 Å². The van der Waals surface area contributed by atoms with Crippen molar-refractivity contribution in [3.05, 3.63) is 47.3 Å². The predicted molar refractivity (Wildman–Crippen MR) is 96.0 cm³/mol. The molecule has 1 aromatic heterocycles. The number of carboxylic acids is 1. The van der Waals surface area contributed by atoms with E-state index in [1.165, 1.54) is 0 Å². The maximum absolute atomic E-state index is 12.3. The summed E-state index contributed by atoms with van der Waals surface area (Å²) in [5.41, 5.74) is 2.61. The van der Waals surface area contributed by atoms with E-state index >= 15 is 0 Å². The molecule has 0 bridgehead atoms. The highest BCUT2D eigenvalue weighted by atomic mass is 16.4. The molecule has 8 heteroatoms. The van der Waals surface area contributed by atoms with Gasteiger partial charge in [0.05, 0.1) is 6.42 Å². The van der Waals surface area contributed by atoms with Gasteiger partial charge in [0.15, 0.2) is 5.69 Å². The van der Waals surface area contributed by atoms with E-state index in [1.54, 1.807) is 42.1 Å². The van der Waals surface area contributed by atoms with E-state index in [0.29, 0.717) is 16.9 Å². The molecule has 0 spiro atoms. The summed E-state index contributed by atoms with van der Waals surface area (Å²) in [4.78, 5) is 34.3. The largest absolute Gasteiger partial charge is 0.480 e. The molecule has 1 heterocycles. The first-order valence-electron chi connectivity index (χ1n) is 8.19. The van der Waals surface area contributed by atoms with Crippen LogP contribution in [0.2, 0.25) is 0 Å². The molecule has 0 saturated heterocycles. The van der Waals surface area contributed by atoms with Crippen molar-refractivity contribution >= 4 is 23.5 Å². The van der Waals surface area contributed by atoms with Gasteiger partial charge in [0.25, 0.3) is 5.91 Å². The Kier molecular flexibility index (Phi) is 6.11. The summed E-state index contributed by atoms with van der Waals surface area (Å²) in [5.74, 6) is -1.51. The van der Waals surface area contributed by atoms with Gasteiger partial charge in [-0.3, -0.25) is 19.1 Å². The van der Waals surface area contributed by atoms with Crippen molar-refractivity contribution in [1.29, 1.82) is 0 Å². The maximum Gasteiger partial charge on any atom is 0.322 e. The fourth-order valence-electron chi connectivity index (χ4n) is 2.46. The van der Waals surface area contributed by atoms with Gasteiger partial charge in [-0.2, -0.15) is 5.10 Å². The molecule has 0 fully saturated rings. The summed E-state index contributed by atoms with van der Waals surface area (Å²) >= 11 is 0. The third-order valence-corrected chi connectivity index (χ3v) is 3.75. The zero-order valence-corrected chi connectivity index (χ0v) is 14.9. The number of aromatic nitrogens is 2. The molecule has 0 atom stereocenters. The minimum absolute atomic E-state index is 0.0689. The fourth-order valence-corrected chi connectivity index (χ4v) is 2.46. The molecule has 2 aromatic rings. The van der Waals surface area contributed by atoms with E-state index in [2.05, 4.69) is 15.7 Å². The normalized spacial score (nSPS) is 10.6. The second kappa shape index (κ2) is 8.28. The number of nitrogens with one attached hydrogen (secondary N) is 2. The van der Waals surface area contributed by atoms with Crippen LogP contribution in [0, 0.1) is 0 Å². The quantitative estimate of drug-likeness (QED) is 0.695. The molecule has 0 aliphatic heterocycles. The average molecular weight is 358 g/mol. The number of rotatable bonds is 7. The first-order chi connectivity index (χ1) is 12.3. The number of aryl methyl sites for hydroxylation is 1. The second-order valence-electron chi connectivity index (χ2n) is 6.23. The highest BCUT2D eigenvalue weighted by molar-refractivity contribution is 6.03. The van der Waals surface area contributed by atoms with Crippen molar-refractivity contribution < 1.29 is 19.5 Å². The highest BCUT2D eigenvalue weighted by Crippen LogP contribution is 2.16. The number of carbonyl (C=O) groups excluding carboxylic acids is 2. The van der Waals surface area contributed by atoms with Gasteiger partial charge in [-0.1, -0.05) is 26.0 Å². The van der Waals surface area contributed by atoms with E-state index in [1.807, 2.05) is 13.8 Å². The van der Waals surface area contributed by atoms with Crippen LogP contribution in [0.1, 0.15) is 41.5 Å². The number of hydrogen-bond donors (Lipinski definition) is 3.